The summed E-state index contributed by atoms with van der Waals surface area (Å²) in [6.45, 7) is 3.28. The first-order valence-electron chi connectivity index (χ1n) is 9.66. The van der Waals surface area contributed by atoms with Gasteiger partial charge in [-0.25, -0.2) is 0 Å². The van der Waals surface area contributed by atoms with Gasteiger partial charge in [0.25, 0.3) is 0 Å². The second-order valence-electron chi connectivity index (χ2n) is 7.39. The Balaban J connectivity index is 1.42. The first kappa shape index (κ1) is 17.6. The van der Waals surface area contributed by atoms with E-state index < -0.39 is 0 Å². The van der Waals surface area contributed by atoms with Crippen molar-refractivity contribution in [3.63, 3.8) is 0 Å². The molecule has 1 fully saturated rings. The van der Waals surface area contributed by atoms with Gasteiger partial charge in [0.1, 0.15) is 0 Å². The fourth-order valence-corrected chi connectivity index (χ4v) is 4.00. The lowest BCUT2D eigenvalue weighted by atomic mass is 9.96. The van der Waals surface area contributed by atoms with Crippen molar-refractivity contribution in [2.75, 3.05) is 28.2 Å². The van der Waals surface area contributed by atoms with Crippen LogP contribution in [0.1, 0.15) is 31.7 Å². The average molecular weight is 363 g/mol. The van der Waals surface area contributed by atoms with E-state index in [1.165, 1.54) is 5.56 Å². The van der Waals surface area contributed by atoms with Crippen LogP contribution in [0.3, 0.4) is 0 Å². The zero-order valence-corrected chi connectivity index (χ0v) is 15.6. The molecule has 2 aliphatic rings. The Labute approximate surface area is 160 Å². The molecule has 5 heteroatoms. The number of para-hydroxylation sites is 1. The molecule has 1 N–H and O–H groups in total. The van der Waals surface area contributed by atoms with Crippen LogP contribution in [0.25, 0.3) is 0 Å². The maximum absolute atomic E-state index is 12.6. The molecule has 27 heavy (non-hydrogen) atoms. The summed E-state index contributed by atoms with van der Waals surface area (Å²) in [6, 6.07) is 16.2. The van der Waals surface area contributed by atoms with E-state index in [0.717, 1.165) is 42.9 Å². The number of hydrogen-bond donors (Lipinski definition) is 1. The molecule has 0 bridgehead atoms. The number of nitrogens with one attached hydrogen (secondary N) is 1. The molecule has 0 aliphatic carbocycles. The van der Waals surface area contributed by atoms with Gasteiger partial charge in [-0.15, -0.1) is 0 Å². The molecule has 140 valence electrons. The van der Waals surface area contributed by atoms with E-state index in [2.05, 4.69) is 35.3 Å². The van der Waals surface area contributed by atoms with Crippen LogP contribution in [-0.4, -0.2) is 30.9 Å². The van der Waals surface area contributed by atoms with Gasteiger partial charge in [-0.1, -0.05) is 18.2 Å². The van der Waals surface area contributed by atoms with E-state index in [1.807, 2.05) is 30.3 Å². The topological polar surface area (TPSA) is 52.7 Å². The number of hydrogen-bond acceptors (Lipinski definition) is 3. The normalized spacial score (nSPS) is 19.1. The highest BCUT2D eigenvalue weighted by molar-refractivity contribution is 5.97. The lowest BCUT2D eigenvalue weighted by Gasteiger charge is -2.36. The Bertz CT molecular complexity index is 847. The van der Waals surface area contributed by atoms with E-state index in [0.29, 0.717) is 19.0 Å². The second kappa shape index (κ2) is 7.43. The van der Waals surface area contributed by atoms with Crippen molar-refractivity contribution in [3.8, 4) is 0 Å². The number of benzene rings is 2. The van der Waals surface area contributed by atoms with Crippen molar-refractivity contribution in [2.45, 2.75) is 38.6 Å². The Morgan fingerprint density at radius 3 is 2.63 bits per heavy atom. The van der Waals surface area contributed by atoms with E-state index in [9.17, 15) is 9.59 Å². The third-order valence-corrected chi connectivity index (χ3v) is 5.51. The Morgan fingerprint density at radius 2 is 1.89 bits per heavy atom. The minimum absolute atomic E-state index is 0.0245. The molecule has 4 rings (SSSR count). The van der Waals surface area contributed by atoms with Crippen molar-refractivity contribution in [2.24, 2.45) is 0 Å². The molecule has 0 spiro atoms. The lowest BCUT2D eigenvalue weighted by Crippen LogP contribution is -2.42. The van der Waals surface area contributed by atoms with Gasteiger partial charge in [0.2, 0.25) is 11.8 Å². The first-order valence-corrected chi connectivity index (χ1v) is 9.66. The molecule has 0 saturated carbocycles. The number of aryl methyl sites for hydroxylation is 1. The molecule has 2 heterocycles. The van der Waals surface area contributed by atoms with Crippen LogP contribution in [0.2, 0.25) is 0 Å². The standard InChI is InChI=1S/C22H25N3O2/c1-16-8-9-17-5-2-3-6-20(17)25(16)15-21(26)23-18-10-12-19(13-11-18)24-14-4-7-22(24)27/h2-3,5-6,10-13,16H,4,7-9,14-15H2,1H3,(H,23,26)/t16-/m1/s1. The third kappa shape index (κ3) is 3.68. The van der Waals surface area contributed by atoms with Crippen LogP contribution in [0, 0.1) is 0 Å². The number of fused-ring (bicyclic) bond motifs is 1. The van der Waals surface area contributed by atoms with E-state index >= 15 is 0 Å². The molecular formula is C22H25N3O2. The zero-order valence-electron chi connectivity index (χ0n) is 15.6. The van der Waals surface area contributed by atoms with Crippen molar-refractivity contribution < 1.29 is 9.59 Å². The zero-order chi connectivity index (χ0) is 18.8. The summed E-state index contributed by atoms with van der Waals surface area (Å²) in [4.78, 5) is 28.4. The summed E-state index contributed by atoms with van der Waals surface area (Å²) < 4.78 is 0. The van der Waals surface area contributed by atoms with Gasteiger partial charge in [-0.2, -0.15) is 0 Å². The molecule has 5 nitrogen and oxygen atoms in total. The van der Waals surface area contributed by atoms with Crippen molar-refractivity contribution in [3.05, 3.63) is 54.1 Å². The van der Waals surface area contributed by atoms with Gasteiger partial charge in [0, 0.05) is 36.1 Å². The van der Waals surface area contributed by atoms with E-state index in [-0.39, 0.29) is 11.8 Å². The Morgan fingerprint density at radius 1 is 1.11 bits per heavy atom. The SMILES string of the molecule is C[C@@H]1CCc2ccccc2N1CC(=O)Nc1ccc(N2CCCC2=O)cc1. The Hall–Kier alpha value is -2.82. The fourth-order valence-electron chi connectivity index (χ4n) is 4.00. The highest BCUT2D eigenvalue weighted by Crippen LogP contribution is 2.30. The molecule has 0 unspecified atom stereocenters. The van der Waals surface area contributed by atoms with Gasteiger partial charge in [-0.3, -0.25) is 9.59 Å². The molecule has 1 saturated heterocycles. The van der Waals surface area contributed by atoms with Crippen LogP contribution in [0.15, 0.2) is 48.5 Å². The first-order chi connectivity index (χ1) is 13.1. The predicted octanol–water partition coefficient (Wildman–Crippen LogP) is 3.59. The maximum Gasteiger partial charge on any atom is 0.243 e. The summed E-state index contributed by atoms with van der Waals surface area (Å²) >= 11 is 0. The van der Waals surface area contributed by atoms with E-state index in [4.69, 9.17) is 0 Å². The summed E-state index contributed by atoms with van der Waals surface area (Å²) in [5, 5.41) is 2.99. The minimum atomic E-state index is -0.0245. The van der Waals surface area contributed by atoms with Gasteiger partial charge >= 0.3 is 0 Å². The van der Waals surface area contributed by atoms with Gasteiger partial charge in [0.05, 0.1) is 6.54 Å². The number of anilines is 3. The maximum atomic E-state index is 12.6. The van der Waals surface area contributed by atoms with Crippen molar-refractivity contribution in [1.82, 2.24) is 0 Å². The molecule has 1 atom stereocenters. The molecule has 2 aromatic carbocycles. The molecule has 0 aromatic heterocycles. The summed E-state index contributed by atoms with van der Waals surface area (Å²) in [6.07, 6.45) is 3.65. The number of nitrogens with zero attached hydrogens (tertiary/aromatic N) is 2. The monoisotopic (exact) mass is 363 g/mol. The number of carbonyl (C=O) groups excluding carboxylic acids is 2. The average Bonchev–Trinajstić information content (AvgIpc) is 3.11. The minimum Gasteiger partial charge on any atom is -0.359 e. The van der Waals surface area contributed by atoms with Crippen LogP contribution in [0.4, 0.5) is 17.1 Å². The highest BCUT2D eigenvalue weighted by Gasteiger charge is 2.25. The number of amides is 2. The predicted molar refractivity (Wildman–Crippen MR) is 108 cm³/mol. The molecule has 2 amide bonds. The Kier molecular flexibility index (Phi) is 4.84. The molecule has 0 radical (unpaired) electrons. The molecule has 2 aromatic rings. The van der Waals surface area contributed by atoms with Gasteiger partial charge < -0.3 is 15.1 Å². The van der Waals surface area contributed by atoms with Gasteiger partial charge in [0.15, 0.2) is 0 Å². The fraction of sp³-hybridized carbons (Fsp3) is 0.364. The van der Waals surface area contributed by atoms with Crippen LogP contribution in [0.5, 0.6) is 0 Å². The van der Waals surface area contributed by atoms with Crippen LogP contribution in [-0.2, 0) is 16.0 Å². The van der Waals surface area contributed by atoms with Gasteiger partial charge in [-0.05, 0) is 62.1 Å². The van der Waals surface area contributed by atoms with E-state index in [1.54, 1.807) is 4.90 Å². The smallest absolute Gasteiger partial charge is 0.243 e. The summed E-state index contributed by atoms with van der Waals surface area (Å²) in [5.41, 5.74) is 4.12. The number of rotatable bonds is 4. The third-order valence-electron chi connectivity index (χ3n) is 5.51. The highest BCUT2D eigenvalue weighted by atomic mass is 16.2. The summed E-state index contributed by atoms with van der Waals surface area (Å²) in [5.74, 6) is 0.146. The molecule has 2 aliphatic heterocycles. The van der Waals surface area contributed by atoms with Crippen molar-refractivity contribution in [1.29, 1.82) is 0 Å². The quantitative estimate of drug-likeness (QED) is 0.903. The summed E-state index contributed by atoms with van der Waals surface area (Å²) in [7, 11) is 0. The van der Waals surface area contributed by atoms with Crippen LogP contribution >= 0.6 is 0 Å². The second-order valence-corrected chi connectivity index (χ2v) is 7.39. The number of carbonyl (C=O) groups is 2. The van der Waals surface area contributed by atoms with Crippen LogP contribution < -0.4 is 15.1 Å². The molecular weight excluding hydrogens is 338 g/mol. The van der Waals surface area contributed by atoms with Crippen molar-refractivity contribution >= 4 is 28.9 Å². The lowest BCUT2D eigenvalue weighted by molar-refractivity contribution is -0.117. The largest absolute Gasteiger partial charge is 0.359 e.